The summed E-state index contributed by atoms with van der Waals surface area (Å²) in [5.41, 5.74) is 3.72. The Balaban J connectivity index is 1.32. The van der Waals surface area contributed by atoms with Crippen LogP contribution in [0.3, 0.4) is 0 Å². The molecule has 3 aromatic rings. The third kappa shape index (κ3) is 5.63. The molecular formula is C31H29N3O5. The first-order valence-corrected chi connectivity index (χ1v) is 13.0. The third-order valence-electron chi connectivity index (χ3n) is 7.61. The zero-order chi connectivity index (χ0) is 27.4. The number of hydrogen-bond acceptors (Lipinski definition) is 5. The van der Waals surface area contributed by atoms with Crippen molar-refractivity contribution in [2.75, 3.05) is 11.9 Å². The van der Waals surface area contributed by atoms with Crippen LogP contribution in [0.1, 0.15) is 58.3 Å². The van der Waals surface area contributed by atoms with Crippen LogP contribution in [0.25, 0.3) is 0 Å². The van der Waals surface area contributed by atoms with E-state index in [2.05, 4.69) is 16.7 Å². The summed E-state index contributed by atoms with van der Waals surface area (Å²) in [5.74, 6) is -0.836. The highest BCUT2D eigenvalue weighted by Gasteiger charge is 2.61. The lowest BCUT2D eigenvalue weighted by molar-refractivity contribution is -0.137. The van der Waals surface area contributed by atoms with Crippen LogP contribution in [0.4, 0.5) is 5.69 Å². The standard InChI is InChI=1S/C31H29N3O5/c32-18-21-9-10-22(7-4-8-28(35)36)26(15-21)34-30(38)25-17-31(25)13-14-39-27-12-11-23(16-24(27)31)29(37)33-19-20-5-2-1-3-6-20/h1-3,5-6,9-12,15-16,25H,4,7-8,13-14,17,19H2,(H,33,37)(H,34,38)(H,35,36)/t25-,31-/m0/s1. The molecule has 0 aromatic heterocycles. The number of aliphatic carboxylic acids is 1. The number of anilines is 1. The molecule has 0 bridgehead atoms. The minimum absolute atomic E-state index is 0.0250. The number of aryl methyl sites for hydroxylation is 1. The summed E-state index contributed by atoms with van der Waals surface area (Å²) in [4.78, 5) is 37.3. The summed E-state index contributed by atoms with van der Waals surface area (Å²) in [6.07, 6.45) is 2.23. The van der Waals surface area contributed by atoms with Gasteiger partial charge in [0.1, 0.15) is 5.75 Å². The summed E-state index contributed by atoms with van der Waals surface area (Å²) in [6.45, 7) is 0.903. The predicted molar refractivity (Wildman–Crippen MR) is 144 cm³/mol. The van der Waals surface area contributed by atoms with Crippen LogP contribution in [0.5, 0.6) is 5.75 Å². The Kier molecular flexibility index (Phi) is 7.33. The van der Waals surface area contributed by atoms with Gasteiger partial charge in [0.15, 0.2) is 0 Å². The Labute approximate surface area is 226 Å². The minimum atomic E-state index is -0.875. The van der Waals surface area contributed by atoms with E-state index in [1.165, 1.54) is 0 Å². The second-order valence-corrected chi connectivity index (χ2v) is 10.1. The normalized spacial score (nSPS) is 18.8. The molecule has 5 rings (SSSR count). The van der Waals surface area contributed by atoms with Crippen molar-refractivity contribution in [2.24, 2.45) is 5.92 Å². The first-order valence-electron chi connectivity index (χ1n) is 13.0. The van der Waals surface area contributed by atoms with Crippen LogP contribution < -0.4 is 15.4 Å². The van der Waals surface area contributed by atoms with E-state index in [1.807, 2.05) is 36.4 Å². The molecule has 198 valence electrons. The Morgan fingerprint density at radius 3 is 2.67 bits per heavy atom. The maximum atomic E-state index is 13.5. The monoisotopic (exact) mass is 523 g/mol. The van der Waals surface area contributed by atoms with Crippen molar-refractivity contribution < 1.29 is 24.2 Å². The molecule has 3 aromatic carbocycles. The molecule has 0 radical (unpaired) electrons. The molecule has 3 N–H and O–H groups in total. The van der Waals surface area contributed by atoms with E-state index in [4.69, 9.17) is 9.84 Å². The van der Waals surface area contributed by atoms with E-state index in [9.17, 15) is 19.6 Å². The van der Waals surface area contributed by atoms with Gasteiger partial charge in [0.05, 0.1) is 18.2 Å². The molecule has 8 heteroatoms. The average molecular weight is 524 g/mol. The Hall–Kier alpha value is -4.64. The SMILES string of the molecule is N#Cc1ccc(CCCC(=O)O)c(NC(=O)[C@@H]2C[C@]23CCOc2ccc(C(=O)NCc4ccccc4)cc23)c1. The highest BCUT2D eigenvalue weighted by molar-refractivity contribution is 5.98. The molecule has 39 heavy (non-hydrogen) atoms. The van der Waals surface area contributed by atoms with E-state index < -0.39 is 11.4 Å². The van der Waals surface area contributed by atoms with Crippen molar-refractivity contribution in [3.05, 3.63) is 94.5 Å². The Morgan fingerprint density at radius 2 is 1.90 bits per heavy atom. The van der Waals surface area contributed by atoms with Gasteiger partial charge in [-0.05, 0) is 67.1 Å². The minimum Gasteiger partial charge on any atom is -0.493 e. The van der Waals surface area contributed by atoms with Crippen LogP contribution in [-0.4, -0.2) is 29.5 Å². The summed E-state index contributed by atoms with van der Waals surface area (Å²) >= 11 is 0. The number of amides is 2. The molecule has 8 nitrogen and oxygen atoms in total. The van der Waals surface area contributed by atoms with Crippen molar-refractivity contribution in [1.82, 2.24) is 5.32 Å². The zero-order valence-corrected chi connectivity index (χ0v) is 21.4. The van der Waals surface area contributed by atoms with Gasteiger partial charge in [0, 0.05) is 41.1 Å². The molecule has 2 amide bonds. The Bertz CT molecular complexity index is 1460. The second-order valence-electron chi connectivity index (χ2n) is 10.1. The van der Waals surface area contributed by atoms with Crippen LogP contribution in [0.2, 0.25) is 0 Å². The van der Waals surface area contributed by atoms with Gasteiger partial charge >= 0.3 is 5.97 Å². The van der Waals surface area contributed by atoms with Gasteiger partial charge in [-0.25, -0.2) is 0 Å². The molecule has 0 unspecified atom stereocenters. The topological polar surface area (TPSA) is 129 Å². The largest absolute Gasteiger partial charge is 0.493 e. The smallest absolute Gasteiger partial charge is 0.303 e. The van der Waals surface area contributed by atoms with Crippen LogP contribution in [-0.2, 0) is 28.0 Å². The zero-order valence-electron chi connectivity index (χ0n) is 21.4. The van der Waals surface area contributed by atoms with E-state index in [0.717, 1.165) is 16.7 Å². The predicted octanol–water partition coefficient (Wildman–Crippen LogP) is 4.57. The molecule has 1 heterocycles. The highest BCUT2D eigenvalue weighted by Crippen LogP contribution is 2.61. The lowest BCUT2D eigenvalue weighted by Gasteiger charge is -2.27. The molecular weight excluding hydrogens is 494 g/mol. The van der Waals surface area contributed by atoms with Crippen molar-refractivity contribution in [2.45, 2.75) is 44.1 Å². The van der Waals surface area contributed by atoms with Crippen LogP contribution in [0, 0.1) is 17.2 Å². The van der Waals surface area contributed by atoms with Crippen molar-refractivity contribution in [1.29, 1.82) is 5.26 Å². The maximum absolute atomic E-state index is 13.5. The fourth-order valence-electron chi connectivity index (χ4n) is 5.40. The lowest BCUT2D eigenvalue weighted by Crippen LogP contribution is -2.28. The van der Waals surface area contributed by atoms with Gasteiger partial charge in [-0.15, -0.1) is 0 Å². The fourth-order valence-corrected chi connectivity index (χ4v) is 5.40. The number of benzene rings is 3. The van der Waals surface area contributed by atoms with Crippen LogP contribution >= 0.6 is 0 Å². The molecule has 0 saturated heterocycles. The van der Waals surface area contributed by atoms with E-state index in [1.54, 1.807) is 30.3 Å². The van der Waals surface area contributed by atoms with E-state index >= 15 is 0 Å². The second kappa shape index (κ2) is 11.0. The van der Waals surface area contributed by atoms with Crippen molar-refractivity contribution in [3.8, 4) is 11.8 Å². The number of fused-ring (bicyclic) bond motifs is 2. The summed E-state index contributed by atoms with van der Waals surface area (Å²) in [7, 11) is 0. The molecule has 2 atom stereocenters. The van der Waals surface area contributed by atoms with Gasteiger partial charge in [0.2, 0.25) is 5.91 Å². The number of ether oxygens (including phenoxy) is 1. The van der Waals surface area contributed by atoms with E-state index in [-0.39, 0.29) is 24.2 Å². The van der Waals surface area contributed by atoms with E-state index in [0.29, 0.717) is 61.4 Å². The number of nitrogens with one attached hydrogen (secondary N) is 2. The third-order valence-corrected chi connectivity index (χ3v) is 7.61. The average Bonchev–Trinajstić information content (AvgIpc) is 3.67. The number of carbonyl (C=O) groups excluding carboxylic acids is 2. The fraction of sp³-hybridized carbons (Fsp3) is 0.290. The lowest BCUT2D eigenvalue weighted by atomic mass is 9.86. The van der Waals surface area contributed by atoms with Gasteiger partial charge in [-0.3, -0.25) is 14.4 Å². The molecule has 2 aliphatic rings. The van der Waals surface area contributed by atoms with Gasteiger partial charge < -0.3 is 20.5 Å². The number of carboxylic acids is 1. The quantitative estimate of drug-likeness (QED) is 0.377. The molecule has 1 aliphatic heterocycles. The summed E-state index contributed by atoms with van der Waals surface area (Å²) < 4.78 is 5.88. The summed E-state index contributed by atoms with van der Waals surface area (Å²) in [5, 5.41) is 24.3. The number of carboxylic acid groups (broad SMARTS) is 1. The number of nitriles is 1. The van der Waals surface area contributed by atoms with Gasteiger partial charge in [-0.2, -0.15) is 5.26 Å². The first kappa shape index (κ1) is 26.0. The van der Waals surface area contributed by atoms with Crippen molar-refractivity contribution in [3.63, 3.8) is 0 Å². The van der Waals surface area contributed by atoms with Crippen LogP contribution in [0.15, 0.2) is 66.7 Å². The molecule has 1 spiro atoms. The maximum Gasteiger partial charge on any atom is 0.303 e. The first-order chi connectivity index (χ1) is 18.9. The molecule has 1 aliphatic carbocycles. The number of nitrogens with zero attached hydrogens (tertiary/aromatic N) is 1. The summed E-state index contributed by atoms with van der Waals surface area (Å²) in [6, 6.07) is 22.2. The highest BCUT2D eigenvalue weighted by atomic mass is 16.5. The molecule has 1 fully saturated rings. The Morgan fingerprint density at radius 1 is 1.08 bits per heavy atom. The van der Waals surface area contributed by atoms with Gasteiger partial charge in [-0.1, -0.05) is 36.4 Å². The molecule has 1 saturated carbocycles. The number of carbonyl (C=O) groups is 3. The van der Waals surface area contributed by atoms with Crippen molar-refractivity contribution >= 4 is 23.5 Å². The number of rotatable bonds is 9. The number of hydrogen-bond donors (Lipinski definition) is 3. The van der Waals surface area contributed by atoms with Gasteiger partial charge in [0.25, 0.3) is 5.91 Å².